The van der Waals surface area contributed by atoms with E-state index in [1.165, 1.54) is 7.11 Å². The first-order chi connectivity index (χ1) is 7.06. The lowest BCUT2D eigenvalue weighted by Crippen LogP contribution is -2.33. The van der Waals surface area contributed by atoms with E-state index in [0.29, 0.717) is 12.1 Å². The molecule has 0 radical (unpaired) electrons. The number of esters is 1. The quantitative estimate of drug-likeness (QED) is 0.564. The zero-order valence-electron chi connectivity index (χ0n) is 8.99. The highest BCUT2D eigenvalue weighted by atomic mass is 16.5. The number of hydrogen-bond donors (Lipinski definition) is 2. The number of anilines is 1. The van der Waals surface area contributed by atoms with E-state index in [9.17, 15) is 4.79 Å². The molecule has 1 atom stereocenters. The average molecular weight is 208 g/mol. The molecule has 0 aromatic heterocycles. The van der Waals surface area contributed by atoms with Gasteiger partial charge in [-0.2, -0.15) is 0 Å². The molecule has 0 aliphatic rings. The molecule has 82 valence electrons. The number of benzene rings is 1. The summed E-state index contributed by atoms with van der Waals surface area (Å²) < 4.78 is 4.56. The molecule has 0 fully saturated rings. The van der Waals surface area contributed by atoms with Crippen LogP contribution in [0, 0.1) is 6.92 Å². The molecule has 0 amide bonds. The van der Waals surface area contributed by atoms with E-state index in [0.717, 1.165) is 11.1 Å². The Bertz CT molecular complexity index is 364. The van der Waals surface area contributed by atoms with Gasteiger partial charge in [0.1, 0.15) is 6.04 Å². The van der Waals surface area contributed by atoms with Gasteiger partial charge in [0.05, 0.1) is 7.11 Å². The van der Waals surface area contributed by atoms with Gasteiger partial charge in [0.2, 0.25) is 0 Å². The molecule has 0 bridgehead atoms. The van der Waals surface area contributed by atoms with Gasteiger partial charge in [-0.05, 0) is 30.5 Å². The number of ether oxygens (including phenoxy) is 1. The second-order valence-electron chi connectivity index (χ2n) is 3.47. The first-order valence-electron chi connectivity index (χ1n) is 4.73. The lowest BCUT2D eigenvalue weighted by atomic mass is 10.0. The molecule has 0 aliphatic heterocycles. The molecule has 4 N–H and O–H groups in total. The molecule has 0 heterocycles. The smallest absolute Gasteiger partial charge is 0.322 e. The van der Waals surface area contributed by atoms with E-state index in [-0.39, 0.29) is 0 Å². The predicted octanol–water partition coefficient (Wildman–Crippen LogP) is 0.620. The predicted molar refractivity (Wildman–Crippen MR) is 59.3 cm³/mol. The number of carbonyl (C=O) groups excluding carboxylic acids is 1. The first kappa shape index (κ1) is 11.5. The Kier molecular flexibility index (Phi) is 3.68. The maximum atomic E-state index is 11.1. The van der Waals surface area contributed by atoms with Gasteiger partial charge in [0.25, 0.3) is 0 Å². The summed E-state index contributed by atoms with van der Waals surface area (Å²) in [5.74, 6) is -0.406. The molecular weight excluding hydrogens is 192 g/mol. The Hall–Kier alpha value is -1.55. The van der Waals surface area contributed by atoms with E-state index < -0.39 is 12.0 Å². The summed E-state index contributed by atoms with van der Waals surface area (Å²) in [4.78, 5) is 11.1. The van der Waals surface area contributed by atoms with Crippen molar-refractivity contribution in [1.82, 2.24) is 0 Å². The van der Waals surface area contributed by atoms with Crippen molar-refractivity contribution in [1.29, 1.82) is 0 Å². The largest absolute Gasteiger partial charge is 0.468 e. The van der Waals surface area contributed by atoms with E-state index in [1.54, 1.807) is 0 Å². The van der Waals surface area contributed by atoms with E-state index >= 15 is 0 Å². The van der Waals surface area contributed by atoms with Gasteiger partial charge in [0.15, 0.2) is 0 Å². The second kappa shape index (κ2) is 4.79. The highest BCUT2D eigenvalue weighted by molar-refractivity contribution is 5.75. The maximum Gasteiger partial charge on any atom is 0.322 e. The van der Waals surface area contributed by atoms with E-state index in [1.807, 2.05) is 25.1 Å². The molecule has 0 saturated heterocycles. The Labute approximate surface area is 89.2 Å². The van der Waals surface area contributed by atoms with Gasteiger partial charge < -0.3 is 16.2 Å². The summed E-state index contributed by atoms with van der Waals surface area (Å²) in [7, 11) is 1.33. The molecule has 0 unspecified atom stereocenters. The molecular formula is C11H16N2O2. The van der Waals surface area contributed by atoms with Crippen LogP contribution in [0.3, 0.4) is 0 Å². The topological polar surface area (TPSA) is 78.3 Å². The third-order valence-corrected chi connectivity index (χ3v) is 2.43. The maximum absolute atomic E-state index is 11.1. The summed E-state index contributed by atoms with van der Waals surface area (Å²) in [5.41, 5.74) is 14.1. The summed E-state index contributed by atoms with van der Waals surface area (Å²) in [6.07, 6.45) is 0.448. The van der Waals surface area contributed by atoms with Crippen LogP contribution in [0.5, 0.6) is 0 Å². The van der Waals surface area contributed by atoms with E-state index in [2.05, 4.69) is 4.74 Å². The molecule has 1 rings (SSSR count). The average Bonchev–Trinajstić information content (AvgIpc) is 2.23. The lowest BCUT2D eigenvalue weighted by molar-refractivity contribution is -0.142. The third kappa shape index (κ3) is 2.70. The summed E-state index contributed by atoms with van der Waals surface area (Å²) in [6, 6.07) is 4.95. The number of nitrogen functional groups attached to an aromatic ring is 1. The number of nitrogens with two attached hydrogens (primary N) is 2. The molecule has 4 nitrogen and oxygen atoms in total. The number of methoxy groups -OCH3 is 1. The van der Waals surface area contributed by atoms with Crippen LogP contribution < -0.4 is 11.5 Å². The zero-order chi connectivity index (χ0) is 11.4. The lowest BCUT2D eigenvalue weighted by Gasteiger charge is -2.12. The van der Waals surface area contributed by atoms with Crippen LogP contribution in [0.2, 0.25) is 0 Å². The fraction of sp³-hybridized carbons (Fsp3) is 0.364. The molecule has 0 aliphatic carbocycles. The molecule has 1 aromatic carbocycles. The first-order valence-corrected chi connectivity index (χ1v) is 4.73. The minimum atomic E-state index is -0.629. The van der Waals surface area contributed by atoms with Crippen molar-refractivity contribution in [3.63, 3.8) is 0 Å². The Morgan fingerprint density at radius 1 is 1.53 bits per heavy atom. The van der Waals surface area contributed by atoms with Gasteiger partial charge >= 0.3 is 5.97 Å². The minimum absolute atomic E-state index is 0.406. The van der Waals surface area contributed by atoms with Crippen LogP contribution in [-0.4, -0.2) is 19.1 Å². The van der Waals surface area contributed by atoms with Crippen LogP contribution in [0.25, 0.3) is 0 Å². The Morgan fingerprint density at radius 3 is 2.80 bits per heavy atom. The van der Waals surface area contributed by atoms with Crippen molar-refractivity contribution in [3.05, 3.63) is 29.3 Å². The number of hydrogen-bond acceptors (Lipinski definition) is 4. The van der Waals surface area contributed by atoms with Crippen LogP contribution in [0.15, 0.2) is 18.2 Å². The SMILES string of the molecule is COC(=O)[C@H](N)Cc1cccc(N)c1C. The van der Waals surface area contributed by atoms with Gasteiger partial charge in [-0.15, -0.1) is 0 Å². The highest BCUT2D eigenvalue weighted by Gasteiger charge is 2.15. The minimum Gasteiger partial charge on any atom is -0.468 e. The molecule has 15 heavy (non-hydrogen) atoms. The summed E-state index contributed by atoms with van der Waals surface area (Å²) in [5, 5.41) is 0. The zero-order valence-corrected chi connectivity index (χ0v) is 8.99. The van der Waals surface area contributed by atoms with Crippen molar-refractivity contribution < 1.29 is 9.53 Å². The van der Waals surface area contributed by atoms with Crippen molar-refractivity contribution in [2.75, 3.05) is 12.8 Å². The molecule has 0 saturated carbocycles. The summed E-state index contributed by atoms with van der Waals surface area (Å²) in [6.45, 7) is 1.91. The highest BCUT2D eigenvalue weighted by Crippen LogP contribution is 2.16. The second-order valence-corrected chi connectivity index (χ2v) is 3.47. The molecule has 1 aromatic rings. The number of carbonyl (C=O) groups is 1. The van der Waals surface area contributed by atoms with Crippen LogP contribution in [0.1, 0.15) is 11.1 Å². The fourth-order valence-electron chi connectivity index (χ4n) is 1.40. The van der Waals surface area contributed by atoms with Crippen molar-refractivity contribution in [2.45, 2.75) is 19.4 Å². The van der Waals surface area contributed by atoms with Crippen LogP contribution in [0.4, 0.5) is 5.69 Å². The summed E-state index contributed by atoms with van der Waals surface area (Å²) >= 11 is 0. The van der Waals surface area contributed by atoms with Crippen molar-refractivity contribution in [3.8, 4) is 0 Å². The van der Waals surface area contributed by atoms with Gasteiger partial charge in [-0.1, -0.05) is 12.1 Å². The van der Waals surface area contributed by atoms with Gasteiger partial charge in [-0.25, -0.2) is 0 Å². The molecule has 4 heteroatoms. The van der Waals surface area contributed by atoms with Gasteiger partial charge in [-0.3, -0.25) is 4.79 Å². The van der Waals surface area contributed by atoms with Crippen molar-refractivity contribution in [2.24, 2.45) is 5.73 Å². The van der Waals surface area contributed by atoms with Crippen LogP contribution >= 0.6 is 0 Å². The van der Waals surface area contributed by atoms with Crippen LogP contribution in [-0.2, 0) is 16.0 Å². The van der Waals surface area contributed by atoms with E-state index in [4.69, 9.17) is 11.5 Å². The Morgan fingerprint density at radius 2 is 2.20 bits per heavy atom. The monoisotopic (exact) mass is 208 g/mol. The molecule has 0 spiro atoms. The van der Waals surface area contributed by atoms with Gasteiger partial charge in [0, 0.05) is 5.69 Å². The fourth-order valence-corrected chi connectivity index (χ4v) is 1.40. The normalized spacial score (nSPS) is 12.2. The Balaban J connectivity index is 2.81. The third-order valence-electron chi connectivity index (χ3n) is 2.43. The number of rotatable bonds is 3. The van der Waals surface area contributed by atoms with Crippen molar-refractivity contribution >= 4 is 11.7 Å². The standard InChI is InChI=1S/C11H16N2O2/c1-7-8(4-3-5-9(7)12)6-10(13)11(14)15-2/h3-5,10H,6,12-13H2,1-2H3/t10-/m1/s1.